The average molecular weight is 361 g/mol. The monoisotopic (exact) mass is 360 g/mol. The Morgan fingerprint density at radius 2 is 1.96 bits per heavy atom. The number of aryl methyl sites for hydroxylation is 1. The molecule has 1 aliphatic rings. The van der Waals surface area contributed by atoms with Crippen LogP contribution in [0.25, 0.3) is 0 Å². The molecule has 2 rings (SSSR count). The van der Waals surface area contributed by atoms with Crippen LogP contribution >= 0.6 is 0 Å². The molecule has 2 atom stereocenters. The first-order valence-corrected chi connectivity index (χ1v) is 9.45. The van der Waals surface area contributed by atoms with Crippen molar-refractivity contribution in [2.75, 3.05) is 25.0 Å². The molecular weight excluding hydrogens is 328 g/mol. The van der Waals surface area contributed by atoms with Gasteiger partial charge in [-0.2, -0.15) is 0 Å². The lowest BCUT2D eigenvalue weighted by molar-refractivity contribution is -0.138. The maximum atomic E-state index is 12.9. The van der Waals surface area contributed by atoms with Gasteiger partial charge in [0.2, 0.25) is 11.8 Å². The van der Waals surface area contributed by atoms with E-state index in [4.69, 9.17) is 0 Å². The topological polar surface area (TPSA) is 83.1 Å². The maximum absolute atomic E-state index is 12.9. The number of hydrogen-bond acceptors (Lipinski definition) is 4. The van der Waals surface area contributed by atoms with E-state index in [1.807, 2.05) is 46.8 Å². The summed E-state index contributed by atoms with van der Waals surface area (Å²) in [4.78, 5) is 29.5. The molecule has 0 aromatic carbocycles. The van der Waals surface area contributed by atoms with Crippen molar-refractivity contribution in [1.82, 2.24) is 15.6 Å². The molecule has 1 saturated carbocycles. The molecule has 2 amide bonds. The van der Waals surface area contributed by atoms with Crippen molar-refractivity contribution >= 4 is 17.6 Å². The highest BCUT2D eigenvalue weighted by atomic mass is 16.2. The standard InChI is InChI=1S/C20H32N4O2/c1-6-21-17(25)15-9-10-20(5,19(15,3)4)18(26)24-13-12-23-16-14(2)8-7-11-22-16/h7-8,11,15H,6,9-10,12-13H2,1-5H3,(H,21,25)(H,22,23)(H,24,26)/t15-,20+/m1/s1. The summed E-state index contributed by atoms with van der Waals surface area (Å²) in [5.41, 5.74) is 0.137. The highest BCUT2D eigenvalue weighted by molar-refractivity contribution is 5.87. The van der Waals surface area contributed by atoms with Crippen LogP contribution in [0.15, 0.2) is 18.3 Å². The highest BCUT2D eigenvalue weighted by Crippen LogP contribution is 2.56. The van der Waals surface area contributed by atoms with Crippen molar-refractivity contribution in [1.29, 1.82) is 0 Å². The quantitative estimate of drug-likeness (QED) is 0.653. The maximum Gasteiger partial charge on any atom is 0.226 e. The first kappa shape index (κ1) is 20.2. The summed E-state index contributed by atoms with van der Waals surface area (Å²) in [5, 5.41) is 9.19. The Balaban J connectivity index is 1.92. The van der Waals surface area contributed by atoms with Gasteiger partial charge in [-0.25, -0.2) is 4.98 Å². The third-order valence-corrected chi connectivity index (χ3v) is 6.11. The summed E-state index contributed by atoms with van der Waals surface area (Å²) < 4.78 is 0. The first-order valence-electron chi connectivity index (χ1n) is 9.45. The van der Waals surface area contributed by atoms with Gasteiger partial charge in [0.25, 0.3) is 0 Å². The van der Waals surface area contributed by atoms with Crippen LogP contribution in [-0.4, -0.2) is 36.4 Å². The number of carbonyl (C=O) groups excluding carboxylic acids is 2. The van der Waals surface area contributed by atoms with Crippen LogP contribution in [0.2, 0.25) is 0 Å². The molecule has 1 aromatic rings. The number of rotatable bonds is 7. The van der Waals surface area contributed by atoms with Crippen molar-refractivity contribution in [2.45, 2.75) is 47.5 Å². The van der Waals surface area contributed by atoms with Crippen LogP contribution in [0, 0.1) is 23.7 Å². The van der Waals surface area contributed by atoms with Gasteiger partial charge in [0.05, 0.1) is 5.41 Å². The van der Waals surface area contributed by atoms with E-state index < -0.39 is 5.41 Å². The van der Waals surface area contributed by atoms with Gasteiger partial charge in [-0.15, -0.1) is 0 Å². The molecule has 0 radical (unpaired) electrons. The molecule has 0 bridgehead atoms. The van der Waals surface area contributed by atoms with E-state index >= 15 is 0 Å². The van der Waals surface area contributed by atoms with Crippen molar-refractivity contribution in [3.8, 4) is 0 Å². The van der Waals surface area contributed by atoms with Crippen molar-refractivity contribution in [3.63, 3.8) is 0 Å². The number of pyridine rings is 1. The van der Waals surface area contributed by atoms with Gasteiger partial charge in [-0.1, -0.05) is 26.8 Å². The summed E-state index contributed by atoms with van der Waals surface area (Å²) >= 11 is 0. The Hall–Kier alpha value is -2.11. The lowest BCUT2D eigenvalue weighted by Crippen LogP contribution is -2.50. The normalized spacial score (nSPS) is 24.1. The first-order chi connectivity index (χ1) is 12.2. The molecule has 0 saturated heterocycles. The van der Waals surface area contributed by atoms with Gasteiger partial charge in [0.15, 0.2) is 0 Å². The Morgan fingerprint density at radius 3 is 2.62 bits per heavy atom. The fraction of sp³-hybridized carbons (Fsp3) is 0.650. The zero-order valence-electron chi connectivity index (χ0n) is 16.6. The molecule has 1 fully saturated rings. The minimum absolute atomic E-state index is 0.0221. The Morgan fingerprint density at radius 1 is 1.23 bits per heavy atom. The third kappa shape index (κ3) is 3.84. The Labute approximate surface area is 156 Å². The highest BCUT2D eigenvalue weighted by Gasteiger charge is 2.57. The van der Waals surface area contributed by atoms with E-state index in [0.29, 0.717) is 19.6 Å². The van der Waals surface area contributed by atoms with E-state index in [-0.39, 0.29) is 23.1 Å². The van der Waals surface area contributed by atoms with Crippen molar-refractivity contribution in [2.24, 2.45) is 16.7 Å². The largest absolute Gasteiger partial charge is 0.368 e. The summed E-state index contributed by atoms with van der Waals surface area (Å²) in [6, 6.07) is 3.90. The van der Waals surface area contributed by atoms with E-state index in [0.717, 1.165) is 24.2 Å². The van der Waals surface area contributed by atoms with Gasteiger partial charge in [-0.3, -0.25) is 9.59 Å². The molecule has 6 heteroatoms. The minimum atomic E-state index is -0.552. The van der Waals surface area contributed by atoms with Crippen molar-refractivity contribution < 1.29 is 9.59 Å². The van der Waals surface area contributed by atoms with Crippen LogP contribution < -0.4 is 16.0 Å². The predicted octanol–water partition coefficient (Wildman–Crippen LogP) is 2.50. The summed E-state index contributed by atoms with van der Waals surface area (Å²) in [5.74, 6) is 0.785. The van der Waals surface area contributed by atoms with Crippen LogP contribution in [0.5, 0.6) is 0 Å². The lowest BCUT2D eigenvalue weighted by atomic mass is 9.65. The smallest absolute Gasteiger partial charge is 0.226 e. The van der Waals surface area contributed by atoms with E-state index in [1.54, 1.807) is 6.20 Å². The second kappa shape index (κ2) is 8.06. The lowest BCUT2D eigenvalue weighted by Gasteiger charge is -2.39. The van der Waals surface area contributed by atoms with Crippen LogP contribution in [0.1, 0.15) is 46.1 Å². The van der Waals surface area contributed by atoms with E-state index in [1.165, 1.54) is 0 Å². The molecule has 1 aromatic heterocycles. The molecular formula is C20H32N4O2. The Bertz CT molecular complexity index is 659. The zero-order chi connectivity index (χ0) is 19.4. The summed E-state index contributed by atoms with van der Waals surface area (Å²) in [7, 11) is 0. The zero-order valence-corrected chi connectivity index (χ0v) is 16.6. The molecule has 26 heavy (non-hydrogen) atoms. The number of hydrogen-bond donors (Lipinski definition) is 3. The summed E-state index contributed by atoms with van der Waals surface area (Å²) in [6.07, 6.45) is 3.21. The average Bonchev–Trinajstić information content (AvgIpc) is 2.84. The molecule has 1 heterocycles. The molecule has 0 unspecified atom stereocenters. The van der Waals surface area contributed by atoms with Crippen LogP contribution in [0.4, 0.5) is 5.82 Å². The fourth-order valence-electron chi connectivity index (χ4n) is 3.89. The number of anilines is 1. The van der Waals surface area contributed by atoms with Crippen molar-refractivity contribution in [3.05, 3.63) is 23.9 Å². The third-order valence-electron chi connectivity index (χ3n) is 6.11. The second-order valence-corrected chi connectivity index (χ2v) is 7.89. The van der Waals surface area contributed by atoms with Crippen LogP contribution in [0.3, 0.4) is 0 Å². The molecule has 0 aliphatic heterocycles. The molecule has 6 nitrogen and oxygen atoms in total. The molecule has 3 N–H and O–H groups in total. The number of aromatic nitrogens is 1. The van der Waals surface area contributed by atoms with Gasteiger partial charge in [0.1, 0.15) is 5.82 Å². The molecule has 1 aliphatic carbocycles. The van der Waals surface area contributed by atoms with E-state index in [9.17, 15) is 9.59 Å². The number of carbonyl (C=O) groups is 2. The van der Waals surface area contributed by atoms with Gasteiger partial charge < -0.3 is 16.0 Å². The van der Waals surface area contributed by atoms with Gasteiger partial charge >= 0.3 is 0 Å². The minimum Gasteiger partial charge on any atom is -0.368 e. The molecule has 144 valence electrons. The van der Waals surface area contributed by atoms with Gasteiger partial charge in [-0.05, 0) is 43.7 Å². The number of nitrogens with zero attached hydrogens (tertiary/aromatic N) is 1. The fourth-order valence-corrected chi connectivity index (χ4v) is 3.89. The predicted molar refractivity (Wildman–Crippen MR) is 104 cm³/mol. The molecule has 0 spiro atoms. The number of amides is 2. The van der Waals surface area contributed by atoms with Gasteiger partial charge in [0, 0.05) is 31.7 Å². The second-order valence-electron chi connectivity index (χ2n) is 7.89. The Kier molecular flexibility index (Phi) is 6.26. The van der Waals surface area contributed by atoms with E-state index in [2.05, 4.69) is 20.9 Å². The summed E-state index contributed by atoms with van der Waals surface area (Å²) in [6.45, 7) is 11.7. The SMILES string of the molecule is CCNC(=O)[C@H]1CC[C@@](C)(C(=O)NCCNc2ncccc2C)C1(C)C. The van der Waals surface area contributed by atoms with Crippen LogP contribution in [-0.2, 0) is 9.59 Å². The number of nitrogens with one attached hydrogen (secondary N) is 3.